The van der Waals surface area contributed by atoms with Gasteiger partial charge in [-0.1, -0.05) is 12.1 Å². The van der Waals surface area contributed by atoms with Crippen molar-refractivity contribution in [3.05, 3.63) is 71.3 Å². The minimum atomic E-state index is -4.02. The van der Waals surface area contributed by atoms with Crippen molar-refractivity contribution in [2.75, 3.05) is 7.05 Å². The lowest BCUT2D eigenvalue weighted by Crippen LogP contribution is -2.28. The van der Waals surface area contributed by atoms with Crippen LogP contribution in [-0.2, 0) is 14.8 Å². The van der Waals surface area contributed by atoms with Crippen LogP contribution >= 0.6 is 0 Å². The number of hydrogen-bond acceptors (Lipinski definition) is 5. The molecule has 0 unspecified atom stereocenters. The van der Waals surface area contributed by atoms with Gasteiger partial charge in [-0.05, 0) is 48.0 Å². The lowest BCUT2D eigenvalue weighted by Gasteiger charge is -2.04. The van der Waals surface area contributed by atoms with E-state index in [0.29, 0.717) is 16.7 Å². The van der Waals surface area contributed by atoms with Gasteiger partial charge < -0.3 is 5.32 Å². The normalized spacial score (nSPS) is 10.9. The highest BCUT2D eigenvalue weighted by Crippen LogP contribution is 2.10. The molecule has 2 amide bonds. The van der Waals surface area contributed by atoms with Gasteiger partial charge in [-0.3, -0.25) is 9.59 Å². The molecule has 0 fully saturated rings. The summed E-state index contributed by atoms with van der Waals surface area (Å²) in [5, 5.41) is 11.2. The number of benzene rings is 2. The second-order valence-corrected chi connectivity index (χ2v) is 6.82. The van der Waals surface area contributed by atoms with E-state index in [4.69, 9.17) is 5.26 Å². The number of hydrogen-bond donors (Lipinski definition) is 2. The highest BCUT2D eigenvalue weighted by atomic mass is 32.2. The first-order chi connectivity index (χ1) is 12.4. The summed E-state index contributed by atoms with van der Waals surface area (Å²) in [7, 11) is -2.50. The Balaban J connectivity index is 2.06. The molecule has 0 aliphatic carbocycles. The number of nitrogens with one attached hydrogen (secondary N) is 2. The molecule has 0 radical (unpaired) electrons. The van der Waals surface area contributed by atoms with Crippen LogP contribution in [-0.4, -0.2) is 27.3 Å². The third-order valence-corrected chi connectivity index (χ3v) is 4.72. The van der Waals surface area contributed by atoms with E-state index in [0.717, 1.165) is 6.08 Å². The molecule has 0 spiro atoms. The number of nitriles is 1. The number of nitrogens with zero attached hydrogens (tertiary/aromatic N) is 1. The highest BCUT2D eigenvalue weighted by molar-refractivity contribution is 7.90. The molecule has 0 atom stereocenters. The van der Waals surface area contributed by atoms with Crippen LogP contribution in [0.5, 0.6) is 0 Å². The van der Waals surface area contributed by atoms with Crippen LogP contribution < -0.4 is 10.0 Å². The van der Waals surface area contributed by atoms with Gasteiger partial charge >= 0.3 is 0 Å². The number of carbonyl (C=O) groups excluding carboxylic acids is 2. The van der Waals surface area contributed by atoms with Gasteiger partial charge in [0.15, 0.2) is 0 Å². The van der Waals surface area contributed by atoms with Gasteiger partial charge in [-0.15, -0.1) is 0 Å². The molecule has 132 valence electrons. The molecular formula is C18H15N3O4S. The van der Waals surface area contributed by atoms with Gasteiger partial charge in [0.2, 0.25) is 0 Å². The van der Waals surface area contributed by atoms with Crippen LogP contribution in [0.3, 0.4) is 0 Å². The fraction of sp³-hybridized carbons (Fsp3) is 0.0556. The van der Waals surface area contributed by atoms with Crippen molar-refractivity contribution in [2.45, 2.75) is 4.90 Å². The first-order valence-corrected chi connectivity index (χ1v) is 8.91. The zero-order chi connectivity index (χ0) is 19.2. The smallest absolute Gasteiger partial charge is 0.264 e. The molecular weight excluding hydrogens is 354 g/mol. The zero-order valence-electron chi connectivity index (χ0n) is 13.8. The Hall–Kier alpha value is -3.44. The monoisotopic (exact) mass is 369 g/mol. The predicted octanol–water partition coefficient (Wildman–Crippen LogP) is 1.44. The molecule has 0 heterocycles. The van der Waals surface area contributed by atoms with Crippen LogP contribution in [0.25, 0.3) is 6.08 Å². The topological polar surface area (TPSA) is 116 Å². The maximum Gasteiger partial charge on any atom is 0.264 e. The van der Waals surface area contributed by atoms with Crippen molar-refractivity contribution in [1.29, 1.82) is 5.26 Å². The molecule has 2 aromatic rings. The minimum absolute atomic E-state index is 0.117. The first kappa shape index (κ1) is 18.9. The number of rotatable bonds is 5. The SMILES string of the molecule is CNC(=O)c1ccc(/C=C\C(=O)NS(=O)(=O)c2ccc(C#N)cc2)cc1. The van der Waals surface area contributed by atoms with E-state index in [2.05, 4.69) is 5.32 Å². The summed E-state index contributed by atoms with van der Waals surface area (Å²) in [5.74, 6) is -1.04. The van der Waals surface area contributed by atoms with E-state index in [1.54, 1.807) is 24.3 Å². The predicted molar refractivity (Wildman–Crippen MR) is 95.4 cm³/mol. The third kappa shape index (κ3) is 4.78. The summed E-state index contributed by atoms with van der Waals surface area (Å²) >= 11 is 0. The highest BCUT2D eigenvalue weighted by Gasteiger charge is 2.16. The fourth-order valence-corrected chi connectivity index (χ4v) is 2.94. The molecule has 26 heavy (non-hydrogen) atoms. The van der Waals surface area contributed by atoms with Crippen LogP contribution in [0.2, 0.25) is 0 Å². The first-order valence-electron chi connectivity index (χ1n) is 7.43. The summed E-state index contributed by atoms with van der Waals surface area (Å²) in [5.41, 5.74) is 1.41. The lowest BCUT2D eigenvalue weighted by molar-refractivity contribution is -0.114. The number of sulfonamides is 1. The summed E-state index contributed by atoms with van der Waals surface area (Å²) in [6.45, 7) is 0. The van der Waals surface area contributed by atoms with Crippen molar-refractivity contribution >= 4 is 27.9 Å². The summed E-state index contributed by atoms with van der Waals surface area (Å²) < 4.78 is 26.1. The second-order valence-electron chi connectivity index (χ2n) is 5.14. The second kappa shape index (κ2) is 8.09. The van der Waals surface area contributed by atoms with Crippen LogP contribution in [0.4, 0.5) is 0 Å². The van der Waals surface area contributed by atoms with E-state index >= 15 is 0 Å². The van der Waals surface area contributed by atoms with Gasteiger partial charge in [0.25, 0.3) is 21.8 Å². The van der Waals surface area contributed by atoms with E-state index in [1.165, 1.54) is 37.4 Å². The maximum absolute atomic E-state index is 12.1. The molecule has 0 aliphatic heterocycles. The molecule has 2 rings (SSSR count). The van der Waals surface area contributed by atoms with E-state index in [-0.39, 0.29) is 10.8 Å². The number of carbonyl (C=O) groups is 2. The van der Waals surface area contributed by atoms with Crippen molar-refractivity contribution in [3.63, 3.8) is 0 Å². The van der Waals surface area contributed by atoms with E-state index in [1.807, 2.05) is 10.8 Å². The average molecular weight is 369 g/mol. The lowest BCUT2D eigenvalue weighted by atomic mass is 10.1. The summed E-state index contributed by atoms with van der Waals surface area (Å²) in [4.78, 5) is 23.2. The summed E-state index contributed by atoms with van der Waals surface area (Å²) in [6, 6.07) is 13.5. The Labute approximate surface area is 151 Å². The maximum atomic E-state index is 12.1. The fourth-order valence-electron chi connectivity index (χ4n) is 2.00. The van der Waals surface area contributed by atoms with Crippen molar-refractivity contribution in [2.24, 2.45) is 0 Å². The Morgan fingerprint density at radius 3 is 2.19 bits per heavy atom. The van der Waals surface area contributed by atoms with Gasteiger partial charge in [0.05, 0.1) is 16.5 Å². The van der Waals surface area contributed by atoms with Crippen LogP contribution in [0.15, 0.2) is 59.5 Å². The van der Waals surface area contributed by atoms with Crippen LogP contribution in [0.1, 0.15) is 21.5 Å². The Morgan fingerprint density at radius 1 is 1.04 bits per heavy atom. The quantitative estimate of drug-likeness (QED) is 0.774. The minimum Gasteiger partial charge on any atom is -0.355 e. The molecule has 7 nitrogen and oxygen atoms in total. The van der Waals surface area contributed by atoms with Gasteiger partial charge in [-0.25, -0.2) is 13.1 Å². The van der Waals surface area contributed by atoms with Gasteiger partial charge in [-0.2, -0.15) is 5.26 Å². The average Bonchev–Trinajstić information content (AvgIpc) is 2.66. The Bertz CT molecular complexity index is 986. The molecule has 2 aromatic carbocycles. The molecule has 2 N–H and O–H groups in total. The molecule has 0 bridgehead atoms. The van der Waals surface area contributed by atoms with Gasteiger partial charge in [0.1, 0.15) is 0 Å². The molecule has 8 heteroatoms. The standard InChI is InChI=1S/C18H15N3O4S/c1-20-18(23)15-7-2-13(3-8-15)6-11-17(22)21-26(24,25)16-9-4-14(12-19)5-10-16/h2-11H,1H3,(H,20,23)(H,21,22)/b11-6-. The number of amides is 2. The van der Waals surface area contributed by atoms with Crippen molar-refractivity contribution in [1.82, 2.24) is 10.0 Å². The zero-order valence-corrected chi connectivity index (χ0v) is 14.6. The van der Waals surface area contributed by atoms with Gasteiger partial charge in [0, 0.05) is 18.7 Å². The molecule has 0 saturated heterocycles. The van der Waals surface area contributed by atoms with Crippen LogP contribution in [0, 0.1) is 11.3 Å². The van der Waals surface area contributed by atoms with Crippen molar-refractivity contribution in [3.8, 4) is 6.07 Å². The molecule has 0 aromatic heterocycles. The third-order valence-electron chi connectivity index (χ3n) is 3.36. The Morgan fingerprint density at radius 2 is 1.65 bits per heavy atom. The summed E-state index contributed by atoms with van der Waals surface area (Å²) in [6.07, 6.45) is 2.51. The molecule has 0 aliphatic rings. The largest absolute Gasteiger partial charge is 0.355 e. The van der Waals surface area contributed by atoms with E-state index in [9.17, 15) is 18.0 Å². The molecule has 0 saturated carbocycles. The van der Waals surface area contributed by atoms with Crippen molar-refractivity contribution < 1.29 is 18.0 Å². The Kier molecular flexibility index (Phi) is 5.88. The van der Waals surface area contributed by atoms with E-state index < -0.39 is 15.9 Å².